The number of carbonyl (C=O) groups is 2. The van der Waals surface area contributed by atoms with Gasteiger partial charge in [0.2, 0.25) is 0 Å². The lowest BCUT2D eigenvalue weighted by Crippen LogP contribution is -2.46. The molecule has 0 saturated heterocycles. The molecule has 0 aromatic heterocycles. The summed E-state index contributed by atoms with van der Waals surface area (Å²) in [5.41, 5.74) is 1.41. The molecule has 1 aliphatic rings. The van der Waals surface area contributed by atoms with E-state index in [0.29, 0.717) is 36.0 Å². The van der Waals surface area contributed by atoms with Crippen LogP contribution in [0, 0.1) is 0 Å². The topological polar surface area (TPSA) is 59.1 Å². The van der Waals surface area contributed by atoms with Crippen molar-refractivity contribution in [1.29, 1.82) is 0 Å². The van der Waals surface area contributed by atoms with Gasteiger partial charge >= 0.3 is 6.09 Å². The van der Waals surface area contributed by atoms with Crippen molar-refractivity contribution >= 4 is 29.3 Å². The van der Waals surface area contributed by atoms with Gasteiger partial charge in [-0.3, -0.25) is 9.69 Å². The molecule has 0 N–H and O–H groups in total. The molecule has 7 heteroatoms. The second-order valence-electron chi connectivity index (χ2n) is 8.58. The van der Waals surface area contributed by atoms with Gasteiger partial charge in [-0.15, -0.1) is 0 Å². The Morgan fingerprint density at radius 2 is 1.87 bits per heavy atom. The van der Waals surface area contributed by atoms with E-state index >= 15 is 0 Å². The first-order valence-corrected chi connectivity index (χ1v) is 10.8. The van der Waals surface area contributed by atoms with Crippen molar-refractivity contribution in [3.05, 3.63) is 58.6 Å². The Hall–Kier alpha value is -2.73. The van der Waals surface area contributed by atoms with Crippen LogP contribution in [0.5, 0.6) is 5.75 Å². The molecular formula is C24H29ClN2O4. The summed E-state index contributed by atoms with van der Waals surface area (Å²) in [4.78, 5) is 29.7. The van der Waals surface area contributed by atoms with Crippen molar-refractivity contribution in [1.82, 2.24) is 4.90 Å². The zero-order valence-corrected chi connectivity index (χ0v) is 19.4. The van der Waals surface area contributed by atoms with E-state index in [2.05, 4.69) is 0 Å². The number of anilines is 1. The molecule has 31 heavy (non-hydrogen) atoms. The van der Waals surface area contributed by atoms with Crippen LogP contribution in [0.2, 0.25) is 5.02 Å². The third-order valence-electron chi connectivity index (χ3n) is 4.96. The summed E-state index contributed by atoms with van der Waals surface area (Å²) in [7, 11) is 0. The number of carbonyl (C=O) groups excluding carboxylic acids is 2. The van der Waals surface area contributed by atoms with Gasteiger partial charge in [0.05, 0.1) is 29.8 Å². The molecule has 0 fully saturated rings. The van der Waals surface area contributed by atoms with Crippen LogP contribution >= 0.6 is 11.6 Å². The van der Waals surface area contributed by atoms with Gasteiger partial charge in [0.1, 0.15) is 11.4 Å². The molecule has 1 heterocycles. The van der Waals surface area contributed by atoms with Gasteiger partial charge < -0.3 is 14.4 Å². The molecule has 0 radical (unpaired) electrons. The van der Waals surface area contributed by atoms with Crippen molar-refractivity contribution < 1.29 is 19.1 Å². The van der Waals surface area contributed by atoms with Crippen LogP contribution in [-0.4, -0.2) is 41.7 Å². The van der Waals surface area contributed by atoms with E-state index in [1.807, 2.05) is 58.9 Å². The van der Waals surface area contributed by atoms with E-state index in [0.717, 1.165) is 11.3 Å². The lowest BCUT2D eigenvalue weighted by Gasteiger charge is -2.31. The molecule has 2 aromatic carbocycles. The van der Waals surface area contributed by atoms with Crippen LogP contribution in [0.3, 0.4) is 0 Å². The van der Waals surface area contributed by atoms with Crippen molar-refractivity contribution in [3.63, 3.8) is 0 Å². The fourth-order valence-corrected chi connectivity index (χ4v) is 3.79. The maximum absolute atomic E-state index is 13.5. The highest BCUT2D eigenvalue weighted by Gasteiger charge is 2.34. The van der Waals surface area contributed by atoms with Gasteiger partial charge in [-0.2, -0.15) is 0 Å². The van der Waals surface area contributed by atoms with E-state index in [1.54, 1.807) is 28.0 Å². The second kappa shape index (κ2) is 9.18. The van der Waals surface area contributed by atoms with Gasteiger partial charge in [-0.25, -0.2) is 4.79 Å². The second-order valence-corrected chi connectivity index (χ2v) is 8.98. The number of benzene rings is 2. The summed E-state index contributed by atoms with van der Waals surface area (Å²) in [6.45, 7) is 10.5. The van der Waals surface area contributed by atoms with Crippen molar-refractivity contribution in [3.8, 4) is 5.75 Å². The van der Waals surface area contributed by atoms with Gasteiger partial charge in [-0.1, -0.05) is 29.8 Å². The van der Waals surface area contributed by atoms with Crippen LogP contribution in [-0.2, 0) is 11.3 Å². The number of amides is 2. The average molecular weight is 445 g/mol. The number of fused-ring (bicyclic) bond motifs is 1. The number of para-hydroxylation sites is 1. The number of hydrogen-bond donors (Lipinski definition) is 0. The maximum Gasteiger partial charge on any atom is 0.410 e. The van der Waals surface area contributed by atoms with Crippen LogP contribution < -0.4 is 9.64 Å². The summed E-state index contributed by atoms with van der Waals surface area (Å²) in [5, 5.41) is 0.328. The Morgan fingerprint density at radius 1 is 1.16 bits per heavy atom. The van der Waals surface area contributed by atoms with Crippen molar-refractivity contribution in [2.45, 2.75) is 52.8 Å². The highest BCUT2D eigenvalue weighted by Crippen LogP contribution is 2.31. The van der Waals surface area contributed by atoms with Crippen molar-refractivity contribution in [2.75, 3.05) is 18.1 Å². The predicted octanol–water partition coefficient (Wildman–Crippen LogP) is 5.52. The lowest BCUT2D eigenvalue weighted by atomic mass is 10.1. The fraction of sp³-hybridized carbons (Fsp3) is 0.417. The molecule has 1 aliphatic heterocycles. The van der Waals surface area contributed by atoms with Crippen LogP contribution in [0.15, 0.2) is 42.5 Å². The zero-order valence-electron chi connectivity index (χ0n) is 18.6. The minimum Gasteiger partial charge on any atom is -0.494 e. The number of hydrogen-bond acceptors (Lipinski definition) is 4. The number of nitrogens with zero attached hydrogens (tertiary/aromatic N) is 2. The SMILES string of the molecule is CCOc1ccc(C(=O)N2C[C@@H](C)N(C(=O)OC(C)(C)C)Cc3ccccc32)c(Cl)c1. The Labute approximate surface area is 188 Å². The summed E-state index contributed by atoms with van der Waals surface area (Å²) < 4.78 is 11.1. The fourth-order valence-electron chi connectivity index (χ4n) is 3.54. The molecule has 0 aliphatic carbocycles. The molecule has 2 amide bonds. The maximum atomic E-state index is 13.5. The predicted molar refractivity (Wildman–Crippen MR) is 122 cm³/mol. The van der Waals surface area contributed by atoms with Crippen LogP contribution in [0.1, 0.15) is 50.5 Å². The molecule has 1 atom stereocenters. The highest BCUT2D eigenvalue weighted by molar-refractivity contribution is 6.34. The molecule has 0 unspecified atom stereocenters. The number of rotatable bonds is 3. The minimum atomic E-state index is -0.603. The van der Waals surface area contributed by atoms with Gasteiger partial charge in [0.15, 0.2) is 0 Å². The van der Waals surface area contributed by atoms with E-state index in [9.17, 15) is 9.59 Å². The standard InChI is InChI=1S/C24H29ClN2O4/c1-6-30-18-11-12-19(20(25)13-18)22(28)27-14-16(2)26(23(29)31-24(3,4)5)15-17-9-7-8-10-21(17)27/h7-13,16H,6,14-15H2,1-5H3/t16-/m1/s1. The first-order chi connectivity index (χ1) is 14.6. The van der Waals surface area contributed by atoms with Gasteiger partial charge in [0.25, 0.3) is 5.91 Å². The summed E-state index contributed by atoms with van der Waals surface area (Å²) >= 11 is 6.42. The molecule has 3 rings (SSSR count). The number of halogens is 1. The molecule has 166 valence electrons. The van der Waals surface area contributed by atoms with Crippen LogP contribution in [0.4, 0.5) is 10.5 Å². The summed E-state index contributed by atoms with van der Waals surface area (Å²) in [6, 6.07) is 12.4. The lowest BCUT2D eigenvalue weighted by molar-refractivity contribution is 0.0167. The van der Waals surface area contributed by atoms with Gasteiger partial charge in [0, 0.05) is 12.2 Å². The first kappa shape index (κ1) is 22.9. The largest absolute Gasteiger partial charge is 0.494 e. The third-order valence-corrected chi connectivity index (χ3v) is 5.27. The number of ether oxygens (including phenoxy) is 2. The van der Waals surface area contributed by atoms with Gasteiger partial charge in [-0.05, 0) is 64.4 Å². The van der Waals surface area contributed by atoms with E-state index in [1.165, 1.54) is 0 Å². The molecule has 0 spiro atoms. The van der Waals surface area contributed by atoms with E-state index < -0.39 is 11.7 Å². The van der Waals surface area contributed by atoms with Crippen LogP contribution in [0.25, 0.3) is 0 Å². The molecular weight excluding hydrogens is 416 g/mol. The minimum absolute atomic E-state index is 0.224. The Morgan fingerprint density at radius 3 is 2.52 bits per heavy atom. The normalized spacial score (nSPS) is 16.4. The quantitative estimate of drug-likeness (QED) is 0.625. The van der Waals surface area contributed by atoms with E-state index in [4.69, 9.17) is 21.1 Å². The smallest absolute Gasteiger partial charge is 0.410 e. The Kier molecular flexibility index (Phi) is 6.80. The molecule has 6 nitrogen and oxygen atoms in total. The molecule has 0 bridgehead atoms. The Balaban J connectivity index is 1.95. The van der Waals surface area contributed by atoms with E-state index in [-0.39, 0.29) is 11.9 Å². The zero-order chi connectivity index (χ0) is 22.8. The Bertz CT molecular complexity index is 970. The highest BCUT2D eigenvalue weighted by atomic mass is 35.5. The summed E-state index contributed by atoms with van der Waals surface area (Å²) in [6.07, 6.45) is -0.400. The molecule has 0 saturated carbocycles. The first-order valence-electron chi connectivity index (χ1n) is 10.4. The monoisotopic (exact) mass is 444 g/mol. The average Bonchev–Trinajstić information content (AvgIpc) is 2.83. The third kappa shape index (κ3) is 5.31. The summed E-state index contributed by atoms with van der Waals surface area (Å²) in [5.74, 6) is 0.392. The van der Waals surface area contributed by atoms with Crippen molar-refractivity contribution in [2.24, 2.45) is 0 Å². The molecule has 2 aromatic rings.